The molecule has 0 bridgehead atoms. The molecule has 1 aromatic rings. The molecular weight excluding hydrogens is 168 g/mol. The number of carbonyl (C=O) groups is 1. The monoisotopic (exact) mass is 180 g/mol. The second kappa shape index (κ2) is 3.53. The first-order valence-corrected chi connectivity index (χ1v) is 3.98. The molecule has 1 rings (SSSR count). The SMILES string of the molecule is CC(=O)C(N)c1ccc(=O)[nH]c1C. The Morgan fingerprint density at radius 1 is 1.54 bits per heavy atom. The average molecular weight is 180 g/mol. The van der Waals surface area contributed by atoms with Crippen LogP contribution in [0.15, 0.2) is 16.9 Å². The highest BCUT2D eigenvalue weighted by atomic mass is 16.1. The number of hydrogen-bond acceptors (Lipinski definition) is 3. The van der Waals surface area contributed by atoms with Gasteiger partial charge < -0.3 is 10.7 Å². The number of aryl methyl sites for hydroxylation is 1. The number of rotatable bonds is 2. The van der Waals surface area contributed by atoms with Gasteiger partial charge in [-0.3, -0.25) is 9.59 Å². The van der Waals surface area contributed by atoms with Crippen LogP contribution in [0.25, 0.3) is 0 Å². The van der Waals surface area contributed by atoms with Crippen LogP contribution in [0.3, 0.4) is 0 Å². The molecule has 0 fully saturated rings. The van der Waals surface area contributed by atoms with Gasteiger partial charge in [0.2, 0.25) is 5.56 Å². The summed E-state index contributed by atoms with van der Waals surface area (Å²) in [4.78, 5) is 24.4. The molecule has 0 spiro atoms. The Labute approximate surface area is 75.8 Å². The number of nitrogens with one attached hydrogen (secondary N) is 1. The molecule has 1 aromatic heterocycles. The minimum Gasteiger partial charge on any atom is -0.326 e. The van der Waals surface area contributed by atoms with E-state index in [4.69, 9.17) is 5.73 Å². The van der Waals surface area contributed by atoms with Crippen LogP contribution >= 0.6 is 0 Å². The van der Waals surface area contributed by atoms with E-state index in [9.17, 15) is 9.59 Å². The van der Waals surface area contributed by atoms with Gasteiger partial charge in [0, 0.05) is 11.8 Å². The van der Waals surface area contributed by atoms with Crippen LogP contribution < -0.4 is 11.3 Å². The normalized spacial score (nSPS) is 12.5. The maximum absolute atomic E-state index is 11.0. The van der Waals surface area contributed by atoms with Crippen molar-refractivity contribution in [3.05, 3.63) is 33.7 Å². The lowest BCUT2D eigenvalue weighted by Gasteiger charge is -2.10. The molecule has 13 heavy (non-hydrogen) atoms. The summed E-state index contributed by atoms with van der Waals surface area (Å²) in [6, 6.07) is 2.31. The lowest BCUT2D eigenvalue weighted by atomic mass is 10.0. The molecule has 1 atom stereocenters. The van der Waals surface area contributed by atoms with E-state index >= 15 is 0 Å². The number of nitrogens with two attached hydrogens (primary N) is 1. The minimum absolute atomic E-state index is 0.116. The predicted molar refractivity (Wildman–Crippen MR) is 49.4 cm³/mol. The van der Waals surface area contributed by atoms with Gasteiger partial charge in [-0.25, -0.2) is 0 Å². The number of hydrogen-bond donors (Lipinski definition) is 2. The van der Waals surface area contributed by atoms with Crippen LogP contribution in [0, 0.1) is 6.92 Å². The van der Waals surface area contributed by atoms with Crippen molar-refractivity contribution in [1.82, 2.24) is 4.98 Å². The number of aromatic nitrogens is 1. The van der Waals surface area contributed by atoms with E-state index in [1.165, 1.54) is 13.0 Å². The fraction of sp³-hybridized carbons (Fsp3) is 0.333. The van der Waals surface area contributed by atoms with Gasteiger partial charge in [-0.05, 0) is 25.5 Å². The lowest BCUT2D eigenvalue weighted by Crippen LogP contribution is -2.21. The molecule has 0 aliphatic rings. The Morgan fingerprint density at radius 2 is 2.15 bits per heavy atom. The topological polar surface area (TPSA) is 76.0 Å². The second-order valence-electron chi connectivity index (χ2n) is 2.99. The van der Waals surface area contributed by atoms with Crippen molar-refractivity contribution in [3.8, 4) is 0 Å². The van der Waals surface area contributed by atoms with Gasteiger partial charge in [0.05, 0.1) is 6.04 Å². The van der Waals surface area contributed by atoms with Gasteiger partial charge in [-0.15, -0.1) is 0 Å². The highest BCUT2D eigenvalue weighted by Crippen LogP contribution is 2.11. The summed E-state index contributed by atoms with van der Waals surface area (Å²) >= 11 is 0. The van der Waals surface area contributed by atoms with Crippen LogP contribution in [0.4, 0.5) is 0 Å². The van der Waals surface area contributed by atoms with E-state index in [-0.39, 0.29) is 11.3 Å². The second-order valence-corrected chi connectivity index (χ2v) is 2.99. The van der Waals surface area contributed by atoms with Crippen LogP contribution in [0.1, 0.15) is 24.2 Å². The standard InChI is InChI=1S/C9H12N2O2/c1-5-7(9(10)6(2)12)3-4-8(13)11-5/h3-4,9H,10H2,1-2H3,(H,11,13). The summed E-state index contributed by atoms with van der Waals surface area (Å²) in [5, 5.41) is 0. The Balaban J connectivity index is 3.16. The summed E-state index contributed by atoms with van der Waals surface area (Å²) < 4.78 is 0. The third kappa shape index (κ3) is 2.03. The summed E-state index contributed by atoms with van der Waals surface area (Å²) in [6.07, 6.45) is 0. The van der Waals surface area contributed by atoms with Gasteiger partial charge in [0.25, 0.3) is 0 Å². The van der Waals surface area contributed by atoms with Crippen LogP contribution in [-0.2, 0) is 4.79 Å². The molecular formula is C9H12N2O2. The maximum Gasteiger partial charge on any atom is 0.248 e. The first kappa shape index (κ1) is 9.67. The largest absolute Gasteiger partial charge is 0.326 e. The summed E-state index contributed by atoms with van der Waals surface area (Å²) in [7, 11) is 0. The fourth-order valence-corrected chi connectivity index (χ4v) is 1.15. The Morgan fingerprint density at radius 3 is 2.62 bits per heavy atom. The Hall–Kier alpha value is -1.42. The zero-order chi connectivity index (χ0) is 10.0. The Kier molecular flexibility index (Phi) is 2.63. The van der Waals surface area contributed by atoms with Crippen molar-refractivity contribution in [2.45, 2.75) is 19.9 Å². The molecule has 1 heterocycles. The summed E-state index contributed by atoms with van der Waals surface area (Å²) in [5.41, 5.74) is 6.76. The number of Topliss-reactive ketones (excluding diaryl/α,β-unsaturated/α-hetero) is 1. The van der Waals surface area contributed by atoms with Gasteiger partial charge in [-0.2, -0.15) is 0 Å². The molecule has 4 nitrogen and oxygen atoms in total. The summed E-state index contributed by atoms with van der Waals surface area (Å²) in [6.45, 7) is 3.15. The van der Waals surface area contributed by atoms with Crippen LogP contribution in [-0.4, -0.2) is 10.8 Å². The molecule has 0 amide bonds. The fourth-order valence-electron chi connectivity index (χ4n) is 1.15. The number of H-pyrrole nitrogens is 1. The minimum atomic E-state index is -0.642. The van der Waals surface area contributed by atoms with Crippen molar-refractivity contribution in [1.29, 1.82) is 0 Å². The van der Waals surface area contributed by atoms with E-state index < -0.39 is 6.04 Å². The smallest absolute Gasteiger partial charge is 0.248 e. The van der Waals surface area contributed by atoms with Crippen LogP contribution in [0.5, 0.6) is 0 Å². The van der Waals surface area contributed by atoms with Crippen molar-refractivity contribution < 1.29 is 4.79 Å². The van der Waals surface area contributed by atoms with Gasteiger partial charge in [0.1, 0.15) is 0 Å². The first-order chi connectivity index (χ1) is 6.02. The van der Waals surface area contributed by atoms with E-state index in [0.29, 0.717) is 11.3 Å². The van der Waals surface area contributed by atoms with Crippen molar-refractivity contribution >= 4 is 5.78 Å². The zero-order valence-electron chi connectivity index (χ0n) is 7.63. The molecule has 70 valence electrons. The van der Waals surface area contributed by atoms with Gasteiger partial charge >= 0.3 is 0 Å². The van der Waals surface area contributed by atoms with Gasteiger partial charge in [-0.1, -0.05) is 0 Å². The van der Waals surface area contributed by atoms with E-state index in [0.717, 1.165) is 0 Å². The highest BCUT2D eigenvalue weighted by Gasteiger charge is 2.13. The third-order valence-corrected chi connectivity index (χ3v) is 1.93. The van der Waals surface area contributed by atoms with E-state index in [1.807, 2.05) is 0 Å². The zero-order valence-corrected chi connectivity index (χ0v) is 7.63. The third-order valence-electron chi connectivity index (χ3n) is 1.93. The van der Waals surface area contributed by atoms with Crippen molar-refractivity contribution in [2.75, 3.05) is 0 Å². The molecule has 0 aliphatic carbocycles. The molecule has 0 radical (unpaired) electrons. The number of ketones is 1. The first-order valence-electron chi connectivity index (χ1n) is 3.98. The summed E-state index contributed by atoms with van der Waals surface area (Å²) in [5.74, 6) is -0.116. The molecule has 0 aliphatic heterocycles. The Bertz CT molecular complexity index is 381. The lowest BCUT2D eigenvalue weighted by molar-refractivity contribution is -0.118. The quantitative estimate of drug-likeness (QED) is 0.686. The number of pyridine rings is 1. The average Bonchev–Trinajstić information content (AvgIpc) is 2.03. The number of carbonyl (C=O) groups excluding carboxylic acids is 1. The van der Waals surface area contributed by atoms with Crippen molar-refractivity contribution in [2.24, 2.45) is 5.73 Å². The number of aromatic amines is 1. The molecule has 4 heteroatoms. The molecule has 3 N–H and O–H groups in total. The molecule has 1 unspecified atom stereocenters. The molecule has 0 saturated carbocycles. The van der Waals surface area contributed by atoms with E-state index in [2.05, 4.69) is 4.98 Å². The predicted octanol–water partition coefficient (Wildman–Crippen LogP) is 0.272. The van der Waals surface area contributed by atoms with E-state index in [1.54, 1.807) is 13.0 Å². The molecule has 0 aromatic carbocycles. The molecule has 0 saturated heterocycles. The van der Waals surface area contributed by atoms with Crippen molar-refractivity contribution in [3.63, 3.8) is 0 Å². The maximum atomic E-state index is 11.0. The van der Waals surface area contributed by atoms with Gasteiger partial charge in [0.15, 0.2) is 5.78 Å². The van der Waals surface area contributed by atoms with Crippen LogP contribution in [0.2, 0.25) is 0 Å². The highest BCUT2D eigenvalue weighted by molar-refractivity contribution is 5.82.